The van der Waals surface area contributed by atoms with Crippen molar-refractivity contribution in [3.8, 4) is 0 Å². The largest absolute Gasteiger partial charge is 0.346 e. The molecule has 0 unspecified atom stereocenters. The molecule has 0 spiro atoms. The van der Waals surface area contributed by atoms with E-state index < -0.39 is 11.2 Å². The Morgan fingerprint density at radius 1 is 1.60 bits per heavy atom. The van der Waals surface area contributed by atoms with Crippen LogP contribution in [0.1, 0.15) is 5.56 Å². The number of rotatable bonds is 0. The van der Waals surface area contributed by atoms with E-state index in [1.807, 2.05) is 4.98 Å². The highest BCUT2D eigenvalue weighted by Gasteiger charge is 1.94. The average molecular weight is 141 g/mol. The van der Waals surface area contributed by atoms with Gasteiger partial charge >= 0.3 is 5.69 Å². The second-order valence-electron chi connectivity index (χ2n) is 1.98. The summed E-state index contributed by atoms with van der Waals surface area (Å²) in [4.78, 5) is 23.3. The molecule has 0 atom stereocenters. The van der Waals surface area contributed by atoms with Crippen LogP contribution in [0.4, 0.5) is 0 Å². The summed E-state index contributed by atoms with van der Waals surface area (Å²) >= 11 is 0. The summed E-state index contributed by atoms with van der Waals surface area (Å²) in [5.74, 6) is 5.12. The predicted molar refractivity (Wildman–Crippen MR) is 36.2 cm³/mol. The summed E-state index contributed by atoms with van der Waals surface area (Å²) in [7, 11) is 0. The molecule has 1 aromatic rings. The zero-order chi connectivity index (χ0) is 7.72. The first-order valence-electron chi connectivity index (χ1n) is 2.69. The number of nitrogens with one attached hydrogen (secondary N) is 1. The lowest BCUT2D eigenvalue weighted by molar-refractivity contribution is 0.842. The van der Waals surface area contributed by atoms with Gasteiger partial charge in [-0.25, -0.2) is 9.47 Å². The molecule has 0 amide bonds. The maximum absolute atomic E-state index is 10.7. The lowest BCUT2D eigenvalue weighted by Crippen LogP contribution is -2.34. The summed E-state index contributed by atoms with van der Waals surface area (Å²) in [6.07, 6.45) is 1.28. The molecule has 3 N–H and O–H groups in total. The van der Waals surface area contributed by atoms with Crippen molar-refractivity contribution in [2.75, 3.05) is 5.84 Å². The van der Waals surface area contributed by atoms with E-state index in [4.69, 9.17) is 5.84 Å². The molecular formula is C5H7N3O2. The number of aryl methyl sites for hydroxylation is 1. The summed E-state index contributed by atoms with van der Waals surface area (Å²) in [6, 6.07) is 0. The van der Waals surface area contributed by atoms with Crippen molar-refractivity contribution in [3.63, 3.8) is 0 Å². The van der Waals surface area contributed by atoms with Crippen LogP contribution in [0.15, 0.2) is 15.8 Å². The maximum Gasteiger partial charge on any atom is 0.346 e. The van der Waals surface area contributed by atoms with Crippen molar-refractivity contribution in [2.24, 2.45) is 0 Å². The zero-order valence-corrected chi connectivity index (χ0v) is 5.42. The number of hydrogen-bond acceptors (Lipinski definition) is 3. The molecule has 0 aliphatic carbocycles. The Balaban J connectivity index is 3.59. The number of nitrogen functional groups attached to an aromatic ring is 1. The van der Waals surface area contributed by atoms with Gasteiger partial charge in [-0.05, 0) is 6.92 Å². The predicted octanol–water partition coefficient (Wildman–Crippen LogP) is -1.44. The van der Waals surface area contributed by atoms with Crippen LogP contribution >= 0.6 is 0 Å². The summed E-state index contributed by atoms with van der Waals surface area (Å²) < 4.78 is 0.830. The minimum Gasteiger partial charge on any atom is -0.335 e. The fraction of sp³-hybridized carbons (Fsp3) is 0.200. The van der Waals surface area contributed by atoms with Crippen LogP contribution < -0.4 is 17.1 Å². The third kappa shape index (κ3) is 0.928. The van der Waals surface area contributed by atoms with Crippen LogP contribution in [-0.2, 0) is 0 Å². The van der Waals surface area contributed by atoms with E-state index in [1.165, 1.54) is 6.20 Å². The Kier molecular flexibility index (Phi) is 1.33. The van der Waals surface area contributed by atoms with Crippen LogP contribution in [0.3, 0.4) is 0 Å². The minimum atomic E-state index is -0.601. The van der Waals surface area contributed by atoms with E-state index in [2.05, 4.69) is 0 Å². The first-order valence-corrected chi connectivity index (χ1v) is 2.69. The van der Waals surface area contributed by atoms with Gasteiger partial charge in [-0.3, -0.25) is 9.78 Å². The van der Waals surface area contributed by atoms with E-state index in [9.17, 15) is 9.59 Å². The fourth-order valence-electron chi connectivity index (χ4n) is 0.586. The highest BCUT2D eigenvalue weighted by atomic mass is 16.2. The van der Waals surface area contributed by atoms with Gasteiger partial charge in [-0.15, -0.1) is 0 Å². The Bertz CT molecular complexity index is 317. The third-order valence-corrected chi connectivity index (χ3v) is 1.15. The Morgan fingerprint density at radius 2 is 2.20 bits per heavy atom. The summed E-state index contributed by atoms with van der Waals surface area (Å²) in [6.45, 7) is 1.57. The van der Waals surface area contributed by atoms with Crippen LogP contribution in [-0.4, -0.2) is 9.66 Å². The summed E-state index contributed by atoms with van der Waals surface area (Å²) in [5, 5.41) is 0. The average Bonchev–Trinajstić information content (AvgIpc) is 1.84. The molecule has 0 aliphatic heterocycles. The van der Waals surface area contributed by atoms with Gasteiger partial charge in [0.05, 0.1) is 0 Å². The van der Waals surface area contributed by atoms with E-state index in [1.54, 1.807) is 6.92 Å². The second kappa shape index (κ2) is 2.02. The molecule has 10 heavy (non-hydrogen) atoms. The van der Waals surface area contributed by atoms with Gasteiger partial charge in [0.25, 0.3) is 5.56 Å². The van der Waals surface area contributed by atoms with Gasteiger partial charge < -0.3 is 5.84 Å². The molecule has 1 aromatic heterocycles. The minimum absolute atomic E-state index is 0.397. The van der Waals surface area contributed by atoms with E-state index in [-0.39, 0.29) is 0 Å². The number of nitrogens with zero attached hydrogens (tertiary/aromatic N) is 1. The summed E-state index contributed by atoms with van der Waals surface area (Å²) in [5.41, 5.74) is -0.579. The number of nitrogens with two attached hydrogens (primary N) is 1. The van der Waals surface area contributed by atoms with Gasteiger partial charge in [0, 0.05) is 11.8 Å². The SMILES string of the molecule is Cc1cn(N)c(=O)[nH]c1=O. The topological polar surface area (TPSA) is 80.9 Å². The monoisotopic (exact) mass is 141 g/mol. The van der Waals surface area contributed by atoms with Crippen LogP contribution in [0.25, 0.3) is 0 Å². The van der Waals surface area contributed by atoms with Gasteiger partial charge in [0.1, 0.15) is 0 Å². The van der Waals surface area contributed by atoms with E-state index in [0.29, 0.717) is 5.56 Å². The smallest absolute Gasteiger partial charge is 0.335 e. The lowest BCUT2D eigenvalue weighted by Gasteiger charge is -1.94. The number of H-pyrrole nitrogens is 1. The molecule has 1 rings (SSSR count). The number of hydrogen-bond donors (Lipinski definition) is 2. The van der Waals surface area contributed by atoms with Crippen LogP contribution in [0, 0.1) is 6.92 Å². The Hall–Kier alpha value is -1.52. The molecule has 0 aromatic carbocycles. The van der Waals surface area contributed by atoms with Crippen LogP contribution in [0.2, 0.25) is 0 Å². The Morgan fingerprint density at radius 3 is 2.70 bits per heavy atom. The molecule has 1 heterocycles. The molecule has 0 saturated carbocycles. The molecular weight excluding hydrogens is 134 g/mol. The second-order valence-corrected chi connectivity index (χ2v) is 1.98. The lowest BCUT2D eigenvalue weighted by atomic mass is 10.4. The van der Waals surface area contributed by atoms with Crippen LogP contribution in [0.5, 0.6) is 0 Å². The highest BCUT2D eigenvalue weighted by Crippen LogP contribution is 1.76. The van der Waals surface area contributed by atoms with Crippen molar-refractivity contribution >= 4 is 0 Å². The molecule has 0 aliphatic rings. The van der Waals surface area contributed by atoms with Gasteiger partial charge in [0.15, 0.2) is 0 Å². The van der Waals surface area contributed by atoms with Crippen molar-refractivity contribution in [3.05, 3.63) is 32.6 Å². The number of aromatic nitrogens is 2. The van der Waals surface area contributed by atoms with Crippen molar-refractivity contribution in [1.29, 1.82) is 0 Å². The van der Waals surface area contributed by atoms with Crippen molar-refractivity contribution < 1.29 is 0 Å². The molecule has 0 bridgehead atoms. The third-order valence-electron chi connectivity index (χ3n) is 1.15. The maximum atomic E-state index is 10.7. The normalized spacial score (nSPS) is 9.70. The Labute approximate surface area is 56.1 Å². The molecule has 5 nitrogen and oxygen atoms in total. The van der Waals surface area contributed by atoms with Gasteiger partial charge in [0.2, 0.25) is 0 Å². The standard InChI is InChI=1S/C5H7N3O2/c1-3-2-8(6)5(10)7-4(3)9/h2H,6H2,1H3,(H,7,9,10). The fourth-order valence-corrected chi connectivity index (χ4v) is 0.586. The van der Waals surface area contributed by atoms with Crippen molar-refractivity contribution in [2.45, 2.75) is 6.92 Å². The first-order chi connectivity index (χ1) is 4.61. The van der Waals surface area contributed by atoms with E-state index >= 15 is 0 Å². The highest BCUT2D eigenvalue weighted by molar-refractivity contribution is 5.00. The zero-order valence-electron chi connectivity index (χ0n) is 5.42. The van der Waals surface area contributed by atoms with Gasteiger partial charge in [-0.2, -0.15) is 0 Å². The molecule has 0 fully saturated rings. The molecule has 0 saturated heterocycles. The molecule has 54 valence electrons. The first kappa shape index (κ1) is 6.60. The molecule has 5 heteroatoms. The van der Waals surface area contributed by atoms with Gasteiger partial charge in [-0.1, -0.05) is 0 Å². The van der Waals surface area contributed by atoms with Crippen molar-refractivity contribution in [1.82, 2.24) is 9.66 Å². The quantitative estimate of drug-likeness (QED) is 0.434. The molecule has 0 radical (unpaired) electrons. The number of aromatic amines is 1. The van der Waals surface area contributed by atoms with E-state index in [0.717, 1.165) is 4.68 Å².